The number of nitrogens with zero attached hydrogens (tertiary/aromatic N) is 1. The molecule has 1 atom stereocenters. The lowest BCUT2D eigenvalue weighted by Gasteiger charge is -2.20. The van der Waals surface area contributed by atoms with E-state index in [-0.39, 0.29) is 36.7 Å². The van der Waals surface area contributed by atoms with Gasteiger partial charge in [0.05, 0.1) is 11.0 Å². The molecular weight excluding hydrogens is 365 g/mol. The van der Waals surface area contributed by atoms with Crippen molar-refractivity contribution in [2.24, 2.45) is 0 Å². The molecular formula is C21H22FNO3S. The van der Waals surface area contributed by atoms with E-state index < -0.39 is 20.9 Å². The fraction of sp³-hybridized carbons (Fsp3) is 0.286. The van der Waals surface area contributed by atoms with Gasteiger partial charge in [0.1, 0.15) is 5.82 Å². The first-order chi connectivity index (χ1) is 12.9. The Labute approximate surface area is 159 Å². The summed E-state index contributed by atoms with van der Waals surface area (Å²) >= 11 is 0. The highest BCUT2D eigenvalue weighted by Gasteiger charge is 2.34. The SMILES string of the molecule is CC(=Cc1ccccc1)C(=O)N1CCC(c2ccccc2F)S(=O)(=O)CC1. The maximum absolute atomic E-state index is 14.1. The zero-order chi connectivity index (χ0) is 19.4. The van der Waals surface area contributed by atoms with Gasteiger partial charge in [-0.1, -0.05) is 48.5 Å². The van der Waals surface area contributed by atoms with Crippen LogP contribution < -0.4 is 0 Å². The van der Waals surface area contributed by atoms with E-state index in [1.165, 1.54) is 18.2 Å². The molecule has 6 heteroatoms. The molecule has 142 valence electrons. The zero-order valence-corrected chi connectivity index (χ0v) is 16.0. The van der Waals surface area contributed by atoms with Gasteiger partial charge in [-0.05, 0) is 31.1 Å². The normalized spacial score (nSPS) is 20.1. The molecule has 0 bridgehead atoms. The lowest BCUT2D eigenvalue weighted by molar-refractivity contribution is -0.126. The number of carbonyl (C=O) groups is 1. The van der Waals surface area contributed by atoms with Crippen molar-refractivity contribution in [1.82, 2.24) is 4.90 Å². The molecule has 27 heavy (non-hydrogen) atoms. The van der Waals surface area contributed by atoms with Crippen molar-refractivity contribution < 1.29 is 17.6 Å². The molecule has 3 rings (SSSR count). The van der Waals surface area contributed by atoms with Crippen molar-refractivity contribution in [1.29, 1.82) is 0 Å². The van der Waals surface area contributed by atoms with E-state index in [0.717, 1.165) is 5.56 Å². The lowest BCUT2D eigenvalue weighted by Crippen LogP contribution is -2.34. The molecule has 0 saturated carbocycles. The van der Waals surface area contributed by atoms with Crippen LogP contribution in [-0.2, 0) is 14.6 Å². The van der Waals surface area contributed by atoms with Gasteiger partial charge in [0.25, 0.3) is 0 Å². The highest BCUT2D eigenvalue weighted by molar-refractivity contribution is 7.91. The molecule has 4 nitrogen and oxygen atoms in total. The van der Waals surface area contributed by atoms with Crippen LogP contribution >= 0.6 is 0 Å². The number of hydrogen-bond acceptors (Lipinski definition) is 3. The number of rotatable bonds is 3. The van der Waals surface area contributed by atoms with Crippen LogP contribution in [0.4, 0.5) is 4.39 Å². The van der Waals surface area contributed by atoms with Crippen molar-refractivity contribution in [2.75, 3.05) is 18.8 Å². The molecule has 0 aromatic heterocycles. The van der Waals surface area contributed by atoms with Crippen LogP contribution in [0.5, 0.6) is 0 Å². The first-order valence-electron chi connectivity index (χ1n) is 8.87. The summed E-state index contributed by atoms with van der Waals surface area (Å²) in [6.07, 6.45) is 1.98. The summed E-state index contributed by atoms with van der Waals surface area (Å²) in [7, 11) is -3.54. The topological polar surface area (TPSA) is 54.5 Å². The molecule has 1 aliphatic heterocycles. The molecule has 0 aliphatic carbocycles. The van der Waals surface area contributed by atoms with E-state index in [2.05, 4.69) is 0 Å². The predicted octanol–water partition coefficient (Wildman–Crippen LogP) is 3.62. The highest BCUT2D eigenvalue weighted by Crippen LogP contribution is 2.31. The molecule has 1 heterocycles. The van der Waals surface area contributed by atoms with E-state index in [1.807, 2.05) is 30.3 Å². The average molecular weight is 387 g/mol. The van der Waals surface area contributed by atoms with Gasteiger partial charge >= 0.3 is 0 Å². The zero-order valence-electron chi connectivity index (χ0n) is 15.1. The Morgan fingerprint density at radius 1 is 1.07 bits per heavy atom. The van der Waals surface area contributed by atoms with Crippen LogP contribution in [0.1, 0.15) is 29.7 Å². The lowest BCUT2D eigenvalue weighted by atomic mass is 10.1. The number of benzene rings is 2. The van der Waals surface area contributed by atoms with Gasteiger partial charge in [-0.3, -0.25) is 4.79 Å². The summed E-state index contributed by atoms with van der Waals surface area (Å²) < 4.78 is 39.5. The van der Waals surface area contributed by atoms with Crippen molar-refractivity contribution in [3.63, 3.8) is 0 Å². The van der Waals surface area contributed by atoms with Gasteiger partial charge in [-0.25, -0.2) is 12.8 Å². The van der Waals surface area contributed by atoms with Crippen LogP contribution in [0.15, 0.2) is 60.2 Å². The quantitative estimate of drug-likeness (QED) is 0.756. The van der Waals surface area contributed by atoms with Crippen LogP contribution in [0.3, 0.4) is 0 Å². The molecule has 0 spiro atoms. The molecule has 1 unspecified atom stereocenters. The Hall–Kier alpha value is -2.47. The van der Waals surface area contributed by atoms with E-state index in [1.54, 1.807) is 24.0 Å². The molecule has 0 radical (unpaired) electrons. The maximum atomic E-state index is 14.1. The number of hydrogen-bond donors (Lipinski definition) is 0. The van der Waals surface area contributed by atoms with E-state index in [0.29, 0.717) is 5.57 Å². The molecule has 1 fully saturated rings. The molecule has 2 aromatic carbocycles. The third-order valence-corrected chi connectivity index (χ3v) is 6.91. The summed E-state index contributed by atoms with van der Waals surface area (Å²) in [4.78, 5) is 14.3. The molecule has 1 saturated heterocycles. The van der Waals surface area contributed by atoms with Crippen LogP contribution in [-0.4, -0.2) is 38.1 Å². The van der Waals surface area contributed by atoms with E-state index in [9.17, 15) is 17.6 Å². The largest absolute Gasteiger partial charge is 0.338 e. The third kappa shape index (κ3) is 4.45. The average Bonchev–Trinajstić information content (AvgIpc) is 2.80. The summed E-state index contributed by atoms with van der Waals surface area (Å²) in [5.41, 5.74) is 1.64. The predicted molar refractivity (Wildman–Crippen MR) is 104 cm³/mol. The Morgan fingerprint density at radius 2 is 1.74 bits per heavy atom. The molecule has 2 aromatic rings. The van der Waals surface area contributed by atoms with E-state index >= 15 is 0 Å². The summed E-state index contributed by atoms with van der Waals surface area (Å²) in [6.45, 7) is 2.12. The minimum absolute atomic E-state index is 0.117. The maximum Gasteiger partial charge on any atom is 0.249 e. The second-order valence-electron chi connectivity index (χ2n) is 6.70. The van der Waals surface area contributed by atoms with Gasteiger partial charge in [0, 0.05) is 24.2 Å². The Kier molecular flexibility index (Phi) is 5.75. The van der Waals surface area contributed by atoms with Gasteiger partial charge in [0.15, 0.2) is 9.84 Å². The van der Waals surface area contributed by atoms with Crippen molar-refractivity contribution in [2.45, 2.75) is 18.6 Å². The number of sulfone groups is 1. The smallest absolute Gasteiger partial charge is 0.249 e. The van der Waals surface area contributed by atoms with Crippen LogP contribution in [0, 0.1) is 5.82 Å². The standard InChI is InChI=1S/C21H22FNO3S/c1-16(15-17-7-3-2-4-8-17)21(24)23-12-11-20(27(25,26)14-13-23)18-9-5-6-10-19(18)22/h2-10,15,20H,11-14H2,1H3. The van der Waals surface area contributed by atoms with Crippen molar-refractivity contribution >= 4 is 21.8 Å². The minimum atomic E-state index is -3.54. The number of halogens is 1. The van der Waals surface area contributed by atoms with Crippen LogP contribution in [0.2, 0.25) is 0 Å². The van der Waals surface area contributed by atoms with Crippen LogP contribution in [0.25, 0.3) is 6.08 Å². The van der Waals surface area contributed by atoms with Gasteiger partial charge < -0.3 is 4.90 Å². The third-order valence-electron chi connectivity index (χ3n) is 4.80. The first kappa shape index (κ1) is 19.3. The second-order valence-corrected chi connectivity index (χ2v) is 9.00. The fourth-order valence-corrected chi connectivity index (χ4v) is 5.14. The van der Waals surface area contributed by atoms with Crippen molar-refractivity contribution in [3.8, 4) is 0 Å². The fourth-order valence-electron chi connectivity index (χ4n) is 3.34. The van der Waals surface area contributed by atoms with Gasteiger partial charge in [-0.15, -0.1) is 0 Å². The summed E-state index contributed by atoms with van der Waals surface area (Å²) in [5, 5.41) is -0.921. The first-order valence-corrected chi connectivity index (χ1v) is 10.6. The minimum Gasteiger partial charge on any atom is -0.338 e. The molecule has 1 aliphatic rings. The van der Waals surface area contributed by atoms with Crippen molar-refractivity contribution in [3.05, 3.63) is 77.1 Å². The number of amides is 1. The summed E-state index contributed by atoms with van der Waals surface area (Å²) in [6, 6.07) is 15.4. The number of carbonyl (C=O) groups excluding carboxylic acids is 1. The molecule has 1 amide bonds. The van der Waals surface area contributed by atoms with E-state index in [4.69, 9.17) is 0 Å². The monoisotopic (exact) mass is 387 g/mol. The second kappa shape index (κ2) is 8.05. The van der Waals surface area contributed by atoms with Gasteiger partial charge in [-0.2, -0.15) is 0 Å². The summed E-state index contributed by atoms with van der Waals surface area (Å²) in [5.74, 6) is -0.884. The Bertz CT molecular complexity index is 954. The molecule has 0 N–H and O–H groups in total. The van der Waals surface area contributed by atoms with Gasteiger partial charge in [0.2, 0.25) is 5.91 Å². The Morgan fingerprint density at radius 3 is 2.44 bits per heavy atom. The highest BCUT2D eigenvalue weighted by atomic mass is 32.2. The Balaban J connectivity index is 1.80.